The molecule has 0 radical (unpaired) electrons. The van der Waals surface area contributed by atoms with Gasteiger partial charge in [0.05, 0.1) is 19.2 Å². The monoisotopic (exact) mass is 274 g/mol. The number of hydrogen-bond acceptors (Lipinski definition) is 5. The number of aliphatic hydroxyl groups excluding tert-OH is 1. The van der Waals surface area contributed by atoms with Gasteiger partial charge >= 0.3 is 5.97 Å². The molecule has 0 spiro atoms. The van der Waals surface area contributed by atoms with Gasteiger partial charge < -0.3 is 15.2 Å². The van der Waals surface area contributed by atoms with Crippen LogP contribution in [0.2, 0.25) is 0 Å². The van der Waals surface area contributed by atoms with Crippen molar-refractivity contribution in [3.05, 3.63) is 42.1 Å². The highest BCUT2D eigenvalue weighted by Crippen LogP contribution is 2.16. The summed E-state index contributed by atoms with van der Waals surface area (Å²) in [7, 11) is 1.17. The van der Waals surface area contributed by atoms with Crippen molar-refractivity contribution in [1.82, 2.24) is 10.3 Å². The maximum absolute atomic E-state index is 12.1. The normalized spacial score (nSPS) is 11.9. The van der Waals surface area contributed by atoms with Crippen LogP contribution in [0.3, 0.4) is 0 Å². The lowest BCUT2D eigenvalue weighted by Gasteiger charge is -2.10. The van der Waals surface area contributed by atoms with Crippen molar-refractivity contribution in [3.63, 3.8) is 0 Å². The molecule has 0 aliphatic heterocycles. The first kappa shape index (κ1) is 14.0. The van der Waals surface area contributed by atoms with Gasteiger partial charge in [-0.15, -0.1) is 0 Å². The van der Waals surface area contributed by atoms with Gasteiger partial charge in [0.2, 0.25) is 0 Å². The molecule has 6 heteroatoms. The smallest absolute Gasteiger partial charge is 0.336 e. The number of nitrogens with one attached hydrogen (secondary N) is 1. The van der Waals surface area contributed by atoms with Crippen molar-refractivity contribution < 1.29 is 19.4 Å². The van der Waals surface area contributed by atoms with E-state index in [0.29, 0.717) is 16.5 Å². The Morgan fingerprint density at radius 1 is 1.35 bits per heavy atom. The average Bonchev–Trinajstić information content (AvgIpc) is 2.50. The van der Waals surface area contributed by atoms with E-state index in [1.54, 1.807) is 36.5 Å². The van der Waals surface area contributed by atoms with Crippen LogP contribution in [0.1, 0.15) is 10.4 Å². The highest BCUT2D eigenvalue weighted by atomic mass is 16.5. The summed E-state index contributed by atoms with van der Waals surface area (Å²) in [6.45, 7) is -0.206. The van der Waals surface area contributed by atoms with E-state index in [9.17, 15) is 14.7 Å². The van der Waals surface area contributed by atoms with Crippen LogP contribution in [-0.2, 0) is 9.53 Å². The van der Waals surface area contributed by atoms with Crippen LogP contribution < -0.4 is 5.32 Å². The first-order valence-electron chi connectivity index (χ1n) is 6.01. The zero-order valence-electron chi connectivity index (χ0n) is 10.9. The molecule has 0 saturated heterocycles. The summed E-state index contributed by atoms with van der Waals surface area (Å²) in [5.74, 6) is -1.17. The molecule has 0 aliphatic rings. The quantitative estimate of drug-likeness (QED) is 0.792. The van der Waals surface area contributed by atoms with Gasteiger partial charge in [-0.3, -0.25) is 9.78 Å². The highest BCUT2D eigenvalue weighted by Gasteiger charge is 2.17. The summed E-state index contributed by atoms with van der Waals surface area (Å²) in [6, 6.07) is 8.71. The number of fused-ring (bicyclic) bond motifs is 1. The third kappa shape index (κ3) is 2.92. The number of methoxy groups -OCH3 is 1. The van der Waals surface area contributed by atoms with Crippen molar-refractivity contribution in [2.24, 2.45) is 0 Å². The summed E-state index contributed by atoms with van der Waals surface area (Å²) in [6.07, 6.45) is 0.266. The largest absolute Gasteiger partial charge is 0.467 e. The van der Waals surface area contributed by atoms with E-state index in [0.717, 1.165) is 0 Å². The molecule has 6 nitrogen and oxygen atoms in total. The van der Waals surface area contributed by atoms with Crippen LogP contribution in [0.25, 0.3) is 10.9 Å². The van der Waals surface area contributed by atoms with Gasteiger partial charge in [-0.25, -0.2) is 4.79 Å². The molecule has 1 heterocycles. The summed E-state index contributed by atoms with van der Waals surface area (Å²) < 4.78 is 4.37. The van der Waals surface area contributed by atoms with Crippen LogP contribution in [0.5, 0.6) is 0 Å². The molecule has 0 fully saturated rings. The second kappa shape index (κ2) is 6.12. The van der Waals surface area contributed by atoms with Gasteiger partial charge in [-0.1, -0.05) is 12.1 Å². The fraction of sp³-hybridized carbons (Fsp3) is 0.214. The van der Waals surface area contributed by atoms with E-state index in [2.05, 4.69) is 15.0 Å². The number of aliphatic hydroxyl groups is 1. The Bertz CT molecular complexity index is 637. The molecule has 2 aromatic rings. The fourth-order valence-electron chi connectivity index (χ4n) is 1.81. The standard InChI is InChI=1S/C14H14N2O4/c1-20-14(19)12(17)8-16-13(18)10-4-2-6-11-9(10)5-3-7-15-11/h2-7,12,17H,8H2,1H3,(H,16,18). The third-order valence-electron chi connectivity index (χ3n) is 2.82. The number of carbonyl (C=O) groups is 2. The number of rotatable bonds is 4. The molecule has 1 unspecified atom stereocenters. The maximum Gasteiger partial charge on any atom is 0.336 e. The van der Waals surface area contributed by atoms with Gasteiger partial charge in [0, 0.05) is 17.1 Å². The van der Waals surface area contributed by atoms with E-state index < -0.39 is 12.1 Å². The summed E-state index contributed by atoms with van der Waals surface area (Å²) in [5.41, 5.74) is 1.14. The lowest BCUT2D eigenvalue weighted by Crippen LogP contribution is -2.37. The second-order valence-corrected chi connectivity index (χ2v) is 4.12. The first-order chi connectivity index (χ1) is 9.63. The molecule has 1 atom stereocenters. The van der Waals surface area contributed by atoms with Crippen LogP contribution in [0, 0.1) is 0 Å². The molecule has 1 amide bonds. The number of pyridine rings is 1. The Hall–Kier alpha value is -2.47. The molecule has 2 N–H and O–H groups in total. The van der Waals surface area contributed by atoms with E-state index in [1.807, 2.05) is 0 Å². The molecule has 1 aromatic heterocycles. The Kier molecular flexibility index (Phi) is 4.27. The van der Waals surface area contributed by atoms with Crippen LogP contribution in [0.4, 0.5) is 0 Å². The highest BCUT2D eigenvalue weighted by molar-refractivity contribution is 6.06. The van der Waals surface area contributed by atoms with E-state index >= 15 is 0 Å². The van der Waals surface area contributed by atoms with Crippen LogP contribution >= 0.6 is 0 Å². The van der Waals surface area contributed by atoms with Gasteiger partial charge in [0.15, 0.2) is 6.10 Å². The maximum atomic E-state index is 12.1. The molecule has 0 aliphatic carbocycles. The zero-order chi connectivity index (χ0) is 14.5. The van der Waals surface area contributed by atoms with Crippen molar-refractivity contribution in [3.8, 4) is 0 Å². The molecule has 0 bridgehead atoms. The topological polar surface area (TPSA) is 88.5 Å². The third-order valence-corrected chi connectivity index (χ3v) is 2.82. The number of amides is 1. The van der Waals surface area contributed by atoms with Gasteiger partial charge in [-0.2, -0.15) is 0 Å². The Balaban J connectivity index is 2.14. The number of nitrogens with zero attached hydrogens (tertiary/aromatic N) is 1. The number of benzene rings is 1. The SMILES string of the molecule is COC(=O)C(O)CNC(=O)c1cccc2ncccc12. The molecule has 2 rings (SSSR count). The molecular formula is C14H14N2O4. The van der Waals surface area contributed by atoms with Crippen LogP contribution in [0.15, 0.2) is 36.5 Å². The van der Waals surface area contributed by atoms with Crippen molar-refractivity contribution in [2.75, 3.05) is 13.7 Å². The van der Waals surface area contributed by atoms with Crippen molar-refractivity contribution in [2.45, 2.75) is 6.10 Å². The summed E-state index contributed by atoms with van der Waals surface area (Å²) in [5, 5.41) is 12.6. The van der Waals surface area contributed by atoms with Crippen molar-refractivity contribution >= 4 is 22.8 Å². The Morgan fingerprint density at radius 3 is 2.90 bits per heavy atom. The number of carbonyl (C=O) groups excluding carboxylic acids is 2. The summed E-state index contributed by atoms with van der Waals surface area (Å²) >= 11 is 0. The van der Waals surface area contributed by atoms with E-state index in [1.165, 1.54) is 7.11 Å². The number of ether oxygens (including phenoxy) is 1. The van der Waals surface area contributed by atoms with Crippen molar-refractivity contribution in [1.29, 1.82) is 0 Å². The first-order valence-corrected chi connectivity index (χ1v) is 6.01. The van der Waals surface area contributed by atoms with Gasteiger partial charge in [-0.05, 0) is 18.2 Å². The molecule has 20 heavy (non-hydrogen) atoms. The van der Waals surface area contributed by atoms with E-state index in [4.69, 9.17) is 0 Å². The van der Waals surface area contributed by atoms with Crippen LogP contribution in [-0.4, -0.2) is 41.7 Å². The van der Waals surface area contributed by atoms with E-state index in [-0.39, 0.29) is 12.5 Å². The predicted molar refractivity (Wildman–Crippen MR) is 72.1 cm³/mol. The Morgan fingerprint density at radius 2 is 2.15 bits per heavy atom. The summed E-state index contributed by atoms with van der Waals surface area (Å²) in [4.78, 5) is 27.3. The lowest BCUT2D eigenvalue weighted by atomic mass is 10.1. The molecule has 0 saturated carbocycles. The Labute approximate surface area is 115 Å². The molecule has 1 aromatic carbocycles. The molecule has 104 valence electrons. The molecular weight excluding hydrogens is 260 g/mol. The fourth-order valence-corrected chi connectivity index (χ4v) is 1.81. The second-order valence-electron chi connectivity index (χ2n) is 4.12. The van der Waals surface area contributed by atoms with Gasteiger partial charge in [0.1, 0.15) is 0 Å². The minimum atomic E-state index is -1.38. The average molecular weight is 274 g/mol. The minimum absolute atomic E-state index is 0.206. The van der Waals surface area contributed by atoms with Gasteiger partial charge in [0.25, 0.3) is 5.91 Å². The lowest BCUT2D eigenvalue weighted by molar-refractivity contribution is -0.149. The minimum Gasteiger partial charge on any atom is -0.467 e. The predicted octanol–water partition coefficient (Wildman–Crippen LogP) is 0.498. The number of hydrogen-bond donors (Lipinski definition) is 2. The number of esters is 1. The zero-order valence-corrected chi connectivity index (χ0v) is 10.9. The number of aromatic nitrogens is 1.